The molecule has 0 aliphatic carbocycles. The molecule has 0 aliphatic heterocycles. The zero-order valence-electron chi connectivity index (χ0n) is 9.03. The first-order valence-corrected chi connectivity index (χ1v) is 5.45. The van der Waals surface area contributed by atoms with Gasteiger partial charge in [-0.1, -0.05) is 6.92 Å². The van der Waals surface area contributed by atoms with Crippen LogP contribution in [-0.4, -0.2) is 29.0 Å². The molecule has 1 aromatic rings. The molecule has 0 saturated heterocycles. The smallest absolute Gasteiger partial charge is 0.225 e. The Labute approximate surface area is 95.0 Å². The number of hydrogen-bond acceptors (Lipinski definition) is 4. The maximum atomic E-state index is 5.98. The van der Waals surface area contributed by atoms with E-state index in [9.17, 15) is 0 Å². The van der Waals surface area contributed by atoms with Crippen LogP contribution in [-0.2, 0) is 0 Å². The van der Waals surface area contributed by atoms with Crippen LogP contribution in [0.1, 0.15) is 19.8 Å². The fraction of sp³-hybridized carbons (Fsp3) is 0.600. The van der Waals surface area contributed by atoms with Crippen LogP contribution in [0.3, 0.4) is 0 Å². The second-order valence-electron chi connectivity index (χ2n) is 3.14. The number of ether oxygens (including phenoxy) is 1. The molecule has 0 bridgehead atoms. The fourth-order valence-electron chi connectivity index (χ4n) is 1.09. The molecule has 0 radical (unpaired) electrons. The molecule has 15 heavy (non-hydrogen) atoms. The number of rotatable bonds is 6. The predicted octanol–water partition coefficient (Wildman–Crippen LogP) is 2.30. The Balaban J connectivity index is 2.37. The van der Waals surface area contributed by atoms with Crippen LogP contribution in [0.15, 0.2) is 12.3 Å². The first kappa shape index (κ1) is 12.0. The normalized spacial score (nSPS) is 12.2. The third-order valence-electron chi connectivity index (χ3n) is 2.02. The van der Waals surface area contributed by atoms with Gasteiger partial charge in [0.1, 0.15) is 0 Å². The van der Waals surface area contributed by atoms with Gasteiger partial charge in [0.2, 0.25) is 11.8 Å². The number of nitrogens with zero attached hydrogens (tertiary/aromatic N) is 2. The first-order chi connectivity index (χ1) is 7.26. The van der Waals surface area contributed by atoms with Gasteiger partial charge in [-0.25, -0.2) is 4.98 Å². The van der Waals surface area contributed by atoms with Crippen molar-refractivity contribution in [3.8, 4) is 5.88 Å². The Morgan fingerprint density at radius 1 is 1.60 bits per heavy atom. The van der Waals surface area contributed by atoms with Crippen molar-refractivity contribution in [3.05, 3.63) is 12.3 Å². The molecule has 1 unspecified atom stereocenters. The summed E-state index contributed by atoms with van der Waals surface area (Å²) < 4.78 is 4.99. The van der Waals surface area contributed by atoms with E-state index in [1.54, 1.807) is 19.4 Å². The summed E-state index contributed by atoms with van der Waals surface area (Å²) in [6.07, 6.45) is 3.53. The molecule has 5 heteroatoms. The second-order valence-corrected chi connectivity index (χ2v) is 3.76. The van der Waals surface area contributed by atoms with Gasteiger partial charge in [-0.05, 0) is 12.8 Å². The lowest BCUT2D eigenvalue weighted by molar-refractivity contribution is 0.397. The lowest BCUT2D eigenvalue weighted by Gasteiger charge is -2.08. The van der Waals surface area contributed by atoms with Crippen molar-refractivity contribution in [2.75, 3.05) is 19.0 Å². The Morgan fingerprint density at radius 3 is 3.07 bits per heavy atom. The van der Waals surface area contributed by atoms with Crippen molar-refractivity contribution in [1.82, 2.24) is 9.97 Å². The summed E-state index contributed by atoms with van der Waals surface area (Å²) in [6.45, 7) is 2.84. The highest BCUT2D eigenvalue weighted by atomic mass is 35.5. The molecule has 0 aliphatic rings. The Morgan fingerprint density at radius 2 is 2.40 bits per heavy atom. The molecule has 1 atom stereocenters. The third-order valence-corrected chi connectivity index (χ3v) is 2.55. The van der Waals surface area contributed by atoms with E-state index in [-0.39, 0.29) is 5.38 Å². The predicted molar refractivity (Wildman–Crippen MR) is 61.6 cm³/mol. The average molecular weight is 230 g/mol. The minimum atomic E-state index is 0.211. The summed E-state index contributed by atoms with van der Waals surface area (Å²) in [6, 6.07) is 1.71. The largest absolute Gasteiger partial charge is 0.481 e. The highest BCUT2D eigenvalue weighted by Gasteiger charge is 2.02. The van der Waals surface area contributed by atoms with Crippen molar-refractivity contribution < 1.29 is 4.74 Å². The minimum absolute atomic E-state index is 0.211. The molecule has 0 aromatic carbocycles. The molecule has 84 valence electrons. The van der Waals surface area contributed by atoms with E-state index in [1.165, 1.54) is 0 Å². The third kappa shape index (κ3) is 4.34. The molecule has 4 nitrogen and oxygen atoms in total. The summed E-state index contributed by atoms with van der Waals surface area (Å²) in [5.74, 6) is 1.14. The van der Waals surface area contributed by atoms with Crippen LogP contribution in [0, 0.1) is 0 Å². The Bertz CT molecular complexity index is 296. The van der Waals surface area contributed by atoms with Gasteiger partial charge >= 0.3 is 0 Å². The zero-order valence-corrected chi connectivity index (χ0v) is 9.79. The number of anilines is 1. The van der Waals surface area contributed by atoms with Crippen molar-refractivity contribution >= 4 is 17.5 Å². The van der Waals surface area contributed by atoms with Crippen LogP contribution in [0.5, 0.6) is 5.88 Å². The van der Waals surface area contributed by atoms with Crippen LogP contribution in [0.2, 0.25) is 0 Å². The summed E-state index contributed by atoms with van der Waals surface area (Å²) >= 11 is 5.98. The average Bonchev–Trinajstić information content (AvgIpc) is 2.29. The highest BCUT2D eigenvalue weighted by molar-refractivity contribution is 6.20. The lowest BCUT2D eigenvalue weighted by Crippen LogP contribution is -2.10. The van der Waals surface area contributed by atoms with Crippen molar-refractivity contribution in [1.29, 1.82) is 0 Å². The molecule has 1 rings (SSSR count). The maximum absolute atomic E-state index is 5.98. The molecular formula is C10H16ClN3O. The summed E-state index contributed by atoms with van der Waals surface area (Å²) in [4.78, 5) is 8.19. The number of halogens is 1. The standard InChI is InChI=1S/C10H16ClN3O/c1-3-8(11)4-6-12-10-13-7-5-9(14-10)15-2/h5,7-8H,3-4,6H2,1-2H3,(H,12,13,14). The second kappa shape index (κ2) is 6.45. The van der Waals surface area contributed by atoms with Gasteiger partial charge in [0.15, 0.2) is 0 Å². The van der Waals surface area contributed by atoms with Crippen molar-refractivity contribution in [3.63, 3.8) is 0 Å². The molecule has 0 fully saturated rings. The Hall–Kier alpha value is -1.03. The molecule has 0 spiro atoms. The quantitative estimate of drug-likeness (QED) is 0.761. The van der Waals surface area contributed by atoms with Crippen LogP contribution >= 0.6 is 11.6 Å². The van der Waals surface area contributed by atoms with Gasteiger partial charge in [0.25, 0.3) is 0 Å². The van der Waals surface area contributed by atoms with E-state index >= 15 is 0 Å². The molecule has 1 heterocycles. The highest BCUT2D eigenvalue weighted by Crippen LogP contribution is 2.09. The lowest BCUT2D eigenvalue weighted by atomic mass is 10.2. The van der Waals surface area contributed by atoms with Gasteiger partial charge in [-0.2, -0.15) is 4.98 Å². The topological polar surface area (TPSA) is 47.0 Å². The van der Waals surface area contributed by atoms with E-state index in [0.717, 1.165) is 19.4 Å². The monoisotopic (exact) mass is 229 g/mol. The van der Waals surface area contributed by atoms with Crippen molar-refractivity contribution in [2.45, 2.75) is 25.1 Å². The molecule has 1 aromatic heterocycles. The molecule has 1 N–H and O–H groups in total. The van der Waals surface area contributed by atoms with Gasteiger partial charge in [0, 0.05) is 24.2 Å². The Kier molecular flexibility index (Phi) is 5.18. The number of nitrogens with one attached hydrogen (secondary N) is 1. The summed E-state index contributed by atoms with van der Waals surface area (Å²) in [7, 11) is 1.58. The number of aromatic nitrogens is 2. The zero-order chi connectivity index (χ0) is 11.1. The van der Waals surface area contributed by atoms with E-state index < -0.39 is 0 Å². The van der Waals surface area contributed by atoms with Crippen LogP contribution in [0.25, 0.3) is 0 Å². The minimum Gasteiger partial charge on any atom is -0.481 e. The maximum Gasteiger partial charge on any atom is 0.225 e. The molecule has 0 saturated carbocycles. The fourth-order valence-corrected chi connectivity index (χ4v) is 1.19. The molecule has 0 amide bonds. The van der Waals surface area contributed by atoms with E-state index in [4.69, 9.17) is 16.3 Å². The van der Waals surface area contributed by atoms with E-state index in [0.29, 0.717) is 11.8 Å². The van der Waals surface area contributed by atoms with Gasteiger partial charge < -0.3 is 10.1 Å². The van der Waals surface area contributed by atoms with Crippen molar-refractivity contribution in [2.24, 2.45) is 0 Å². The number of alkyl halides is 1. The molecular weight excluding hydrogens is 214 g/mol. The van der Waals surface area contributed by atoms with E-state index in [1.807, 2.05) is 0 Å². The SMILES string of the molecule is CCC(Cl)CCNc1nccc(OC)n1. The number of hydrogen-bond donors (Lipinski definition) is 1. The first-order valence-electron chi connectivity index (χ1n) is 5.01. The van der Waals surface area contributed by atoms with Gasteiger partial charge in [0.05, 0.1) is 7.11 Å². The van der Waals surface area contributed by atoms with Gasteiger partial charge in [-0.3, -0.25) is 0 Å². The van der Waals surface area contributed by atoms with E-state index in [2.05, 4.69) is 22.2 Å². The summed E-state index contributed by atoms with van der Waals surface area (Å²) in [5.41, 5.74) is 0. The van der Waals surface area contributed by atoms with Crippen LogP contribution < -0.4 is 10.1 Å². The van der Waals surface area contributed by atoms with Crippen LogP contribution in [0.4, 0.5) is 5.95 Å². The summed E-state index contributed by atoms with van der Waals surface area (Å²) in [5, 5.41) is 3.31. The van der Waals surface area contributed by atoms with Gasteiger partial charge in [-0.15, -0.1) is 11.6 Å². The number of methoxy groups -OCH3 is 1.